The fraction of sp³-hybridized carbons (Fsp3) is 0.364. The number of benzene rings is 3. The number of para-hydroxylation sites is 1. The lowest BCUT2D eigenvalue weighted by molar-refractivity contribution is -0.137. The molecule has 0 saturated carbocycles. The van der Waals surface area contributed by atoms with Gasteiger partial charge in [0.2, 0.25) is 11.7 Å². The van der Waals surface area contributed by atoms with Crippen molar-refractivity contribution in [1.29, 1.82) is 0 Å². The van der Waals surface area contributed by atoms with Crippen LogP contribution in [-0.2, 0) is 27.0 Å². The van der Waals surface area contributed by atoms with E-state index in [0.717, 1.165) is 24.0 Å². The van der Waals surface area contributed by atoms with Gasteiger partial charge >= 0.3 is 0 Å². The number of nitrogens with one attached hydrogen (secondary N) is 2. The Bertz CT molecular complexity index is 1640. The summed E-state index contributed by atoms with van der Waals surface area (Å²) in [6.45, 7) is 2.65. The predicted molar refractivity (Wildman–Crippen MR) is 157 cm³/mol. The van der Waals surface area contributed by atoms with Crippen molar-refractivity contribution in [3.8, 4) is 17.2 Å². The molecule has 4 aliphatic heterocycles. The summed E-state index contributed by atoms with van der Waals surface area (Å²) in [5.41, 5.74) is 1.18. The quantitative estimate of drug-likeness (QED) is 0.428. The first kappa shape index (κ1) is 26.5. The highest BCUT2D eigenvalue weighted by atomic mass is 16.5. The van der Waals surface area contributed by atoms with Crippen LogP contribution in [0, 0.1) is 5.92 Å². The summed E-state index contributed by atoms with van der Waals surface area (Å²) in [5.74, 6) is -0.664. The molecule has 3 aromatic rings. The van der Waals surface area contributed by atoms with Crippen LogP contribution >= 0.6 is 0 Å². The number of fused-ring (bicyclic) bond motifs is 7. The van der Waals surface area contributed by atoms with Crippen LogP contribution in [0.3, 0.4) is 0 Å². The second-order valence-electron chi connectivity index (χ2n) is 11.4. The molecule has 4 aliphatic rings. The average molecular weight is 568 g/mol. The van der Waals surface area contributed by atoms with E-state index in [1.807, 2.05) is 42.5 Å². The number of carbonyl (C=O) groups is 3. The van der Waals surface area contributed by atoms with Gasteiger partial charge in [-0.1, -0.05) is 37.3 Å². The molecule has 2 N–H and O–H groups in total. The van der Waals surface area contributed by atoms with Crippen LogP contribution in [0.25, 0.3) is 0 Å². The van der Waals surface area contributed by atoms with E-state index in [4.69, 9.17) is 14.2 Å². The molecule has 4 atom stereocenters. The molecular weight excluding hydrogens is 534 g/mol. The number of carbonyl (C=O) groups excluding carboxylic acids is 3. The highest BCUT2D eigenvalue weighted by Gasteiger charge is 2.81. The molecule has 0 radical (unpaired) electrons. The van der Waals surface area contributed by atoms with Crippen molar-refractivity contribution in [2.75, 3.05) is 38.5 Å². The maximum absolute atomic E-state index is 15.0. The zero-order valence-corrected chi connectivity index (χ0v) is 24.1. The standard InChI is InChI=1S/C33H33N3O6/c1-5-18-12-13-23-21(15-18)33(31(39)35-23)32(20-9-6-7-10-22(20)34-30(32)38)27(24-11-8-14-36(24)33)28(37)19-16-25(40-2)29(42-4)26(17-19)41-3/h6-7,9-10,12-13,15-17,24,27H,5,8,11,14H2,1-4H3,(H,34,38)(H,35,39)/t24-,27+,32-,33+/m1/s1. The summed E-state index contributed by atoms with van der Waals surface area (Å²) in [6, 6.07) is 16.4. The molecule has 2 amide bonds. The minimum Gasteiger partial charge on any atom is -0.493 e. The van der Waals surface area contributed by atoms with Gasteiger partial charge in [-0.05, 0) is 61.2 Å². The van der Waals surface area contributed by atoms with E-state index < -0.39 is 16.9 Å². The molecule has 7 rings (SSSR count). The van der Waals surface area contributed by atoms with Crippen LogP contribution in [0.1, 0.15) is 46.8 Å². The molecule has 0 aliphatic carbocycles. The summed E-state index contributed by atoms with van der Waals surface area (Å²) in [4.78, 5) is 46.5. The Hall–Kier alpha value is -4.37. The summed E-state index contributed by atoms with van der Waals surface area (Å²) in [6.07, 6.45) is 2.25. The normalized spacial score (nSPS) is 27.0. The van der Waals surface area contributed by atoms with Gasteiger partial charge in [-0.3, -0.25) is 19.3 Å². The maximum Gasteiger partial charge on any atom is 0.251 e. The largest absolute Gasteiger partial charge is 0.493 e. The van der Waals surface area contributed by atoms with Gasteiger partial charge < -0.3 is 24.8 Å². The van der Waals surface area contributed by atoms with E-state index in [2.05, 4.69) is 22.5 Å². The minimum atomic E-state index is -1.52. The van der Waals surface area contributed by atoms with Crippen LogP contribution in [0.5, 0.6) is 17.2 Å². The monoisotopic (exact) mass is 567 g/mol. The first-order chi connectivity index (χ1) is 20.4. The first-order valence-electron chi connectivity index (χ1n) is 14.3. The Labute approximate surface area is 244 Å². The van der Waals surface area contributed by atoms with Gasteiger partial charge in [-0.25, -0.2) is 0 Å². The Morgan fingerprint density at radius 1 is 0.905 bits per heavy atom. The lowest BCUT2D eigenvalue weighted by Gasteiger charge is -2.43. The van der Waals surface area contributed by atoms with Gasteiger partial charge in [-0.2, -0.15) is 0 Å². The summed E-state index contributed by atoms with van der Waals surface area (Å²) in [7, 11) is 4.51. The number of methoxy groups -OCH3 is 3. The topological polar surface area (TPSA) is 106 Å². The van der Waals surface area contributed by atoms with Gasteiger partial charge in [0.05, 0.1) is 27.2 Å². The number of ketones is 1. The zero-order valence-electron chi connectivity index (χ0n) is 24.1. The fourth-order valence-electron chi connectivity index (χ4n) is 8.25. The second-order valence-corrected chi connectivity index (χ2v) is 11.4. The van der Waals surface area contributed by atoms with E-state index in [1.54, 1.807) is 12.1 Å². The maximum atomic E-state index is 15.0. The number of nitrogens with zero attached hydrogens (tertiary/aromatic N) is 1. The van der Waals surface area contributed by atoms with Crippen molar-refractivity contribution >= 4 is 29.0 Å². The van der Waals surface area contributed by atoms with Crippen molar-refractivity contribution in [3.63, 3.8) is 0 Å². The van der Waals surface area contributed by atoms with Gasteiger partial charge in [0, 0.05) is 28.5 Å². The predicted octanol–water partition coefficient (Wildman–Crippen LogP) is 4.29. The number of rotatable bonds is 6. The first-order valence-corrected chi connectivity index (χ1v) is 14.3. The number of anilines is 2. The van der Waals surface area contributed by atoms with Crippen molar-refractivity contribution in [3.05, 3.63) is 76.9 Å². The molecule has 9 nitrogen and oxygen atoms in total. The number of Topliss-reactive ketones (excluding diaryl/α,β-unsaturated/α-hetero) is 1. The van der Waals surface area contributed by atoms with Crippen molar-refractivity contribution in [1.82, 2.24) is 4.90 Å². The van der Waals surface area contributed by atoms with Crippen LogP contribution in [-0.4, -0.2) is 56.4 Å². The van der Waals surface area contributed by atoms with Crippen molar-refractivity contribution in [2.24, 2.45) is 5.92 Å². The number of hydrogen-bond donors (Lipinski definition) is 2. The van der Waals surface area contributed by atoms with E-state index >= 15 is 4.79 Å². The fourth-order valence-corrected chi connectivity index (χ4v) is 8.25. The SMILES string of the molecule is CCc1ccc2c(c1)[C@@]1(C(=O)N2)N2CCC[C@@H]2[C@@H](C(=O)c2cc(OC)c(OC)c(OC)c2)[C@]12C(=O)Nc1ccccc12. The smallest absolute Gasteiger partial charge is 0.251 e. The Kier molecular flexibility index (Phi) is 5.89. The number of amides is 2. The third-order valence-corrected chi connectivity index (χ3v) is 9.80. The Morgan fingerprint density at radius 3 is 2.29 bits per heavy atom. The van der Waals surface area contributed by atoms with Gasteiger partial charge in [-0.15, -0.1) is 0 Å². The number of hydrogen-bond acceptors (Lipinski definition) is 7. The summed E-state index contributed by atoms with van der Waals surface area (Å²) >= 11 is 0. The highest BCUT2D eigenvalue weighted by molar-refractivity contribution is 6.21. The molecule has 0 bridgehead atoms. The van der Waals surface area contributed by atoms with Crippen LogP contribution in [0.15, 0.2) is 54.6 Å². The van der Waals surface area contributed by atoms with E-state index in [9.17, 15) is 9.59 Å². The summed E-state index contributed by atoms with van der Waals surface area (Å²) in [5, 5.41) is 6.20. The number of aryl methyl sites for hydroxylation is 1. The molecule has 9 heteroatoms. The molecule has 0 aromatic heterocycles. The van der Waals surface area contributed by atoms with Crippen LogP contribution in [0.2, 0.25) is 0 Å². The van der Waals surface area contributed by atoms with Gasteiger partial charge in [0.25, 0.3) is 5.91 Å². The molecule has 0 unspecified atom stereocenters. The average Bonchev–Trinajstić information content (AvgIpc) is 3.74. The van der Waals surface area contributed by atoms with Crippen LogP contribution in [0.4, 0.5) is 11.4 Å². The highest BCUT2D eigenvalue weighted by Crippen LogP contribution is 2.68. The molecular formula is C33H33N3O6. The molecule has 216 valence electrons. The molecule has 3 aromatic carbocycles. The second kappa shape index (κ2) is 9.32. The van der Waals surface area contributed by atoms with Gasteiger partial charge in [0.1, 0.15) is 11.0 Å². The van der Waals surface area contributed by atoms with Crippen LogP contribution < -0.4 is 24.8 Å². The Morgan fingerprint density at radius 2 is 1.60 bits per heavy atom. The molecule has 4 heterocycles. The lowest BCUT2D eigenvalue weighted by atomic mass is 9.57. The lowest BCUT2D eigenvalue weighted by Crippen LogP contribution is -2.62. The van der Waals surface area contributed by atoms with E-state index in [-0.39, 0.29) is 23.6 Å². The van der Waals surface area contributed by atoms with E-state index in [1.165, 1.54) is 21.3 Å². The third-order valence-electron chi connectivity index (χ3n) is 9.80. The van der Waals surface area contributed by atoms with Crippen molar-refractivity contribution in [2.45, 2.75) is 43.2 Å². The molecule has 2 spiro atoms. The molecule has 42 heavy (non-hydrogen) atoms. The van der Waals surface area contributed by atoms with Gasteiger partial charge in [0.15, 0.2) is 17.3 Å². The number of ether oxygens (including phenoxy) is 3. The molecule has 2 fully saturated rings. The van der Waals surface area contributed by atoms with Crippen molar-refractivity contribution < 1.29 is 28.6 Å². The third kappa shape index (κ3) is 3.04. The van der Waals surface area contributed by atoms with E-state index in [0.29, 0.717) is 52.7 Å². The molecule has 2 saturated heterocycles. The minimum absolute atomic E-state index is 0.247. The Balaban J connectivity index is 1.55. The zero-order chi connectivity index (χ0) is 29.4. The summed E-state index contributed by atoms with van der Waals surface area (Å²) < 4.78 is 16.7.